The van der Waals surface area contributed by atoms with E-state index in [9.17, 15) is 4.79 Å². The van der Waals surface area contributed by atoms with Gasteiger partial charge in [0.15, 0.2) is 5.78 Å². The molecule has 0 fully saturated rings. The molecule has 0 N–H and O–H groups in total. The lowest BCUT2D eigenvalue weighted by Gasteiger charge is -2.27. The SMILES string of the molecule is O=C1c2cc(N(c3ccccc3)c3ccccc3)ccc2-c2c1cc(N(c1ccccc1)c1ccccc1)c1ccccc21. The summed E-state index contributed by atoms with van der Waals surface area (Å²) in [6, 6.07) is 58.1. The molecule has 0 aromatic heterocycles. The summed E-state index contributed by atoms with van der Waals surface area (Å²) in [5.74, 6) is 0.0472. The minimum absolute atomic E-state index is 0.0472. The Hall–Kier alpha value is -5.93. The third kappa shape index (κ3) is 4.26. The van der Waals surface area contributed by atoms with E-state index in [1.807, 2.05) is 48.5 Å². The maximum atomic E-state index is 14.4. The van der Waals surface area contributed by atoms with Crippen LogP contribution in [0.2, 0.25) is 0 Å². The summed E-state index contributed by atoms with van der Waals surface area (Å²) in [6.07, 6.45) is 0. The number of benzene rings is 7. The molecule has 8 rings (SSSR count). The maximum absolute atomic E-state index is 14.4. The molecule has 0 saturated heterocycles. The van der Waals surface area contributed by atoms with Crippen molar-refractivity contribution in [3.63, 3.8) is 0 Å². The van der Waals surface area contributed by atoms with Crippen molar-refractivity contribution in [2.24, 2.45) is 0 Å². The number of para-hydroxylation sites is 4. The average molecular weight is 565 g/mol. The average Bonchev–Trinajstić information content (AvgIpc) is 3.38. The second kappa shape index (κ2) is 10.7. The van der Waals surface area contributed by atoms with Crippen molar-refractivity contribution in [2.75, 3.05) is 9.80 Å². The van der Waals surface area contributed by atoms with Gasteiger partial charge in [0.25, 0.3) is 0 Å². The van der Waals surface area contributed by atoms with Crippen LogP contribution in [-0.4, -0.2) is 5.78 Å². The van der Waals surface area contributed by atoms with E-state index in [2.05, 4.69) is 131 Å². The van der Waals surface area contributed by atoms with Gasteiger partial charge in [-0.1, -0.05) is 103 Å². The number of nitrogens with zero attached hydrogens (tertiary/aromatic N) is 2. The molecule has 3 nitrogen and oxygen atoms in total. The molecule has 1 aliphatic rings. The maximum Gasteiger partial charge on any atom is 0.194 e. The Labute approximate surface area is 256 Å². The lowest BCUT2D eigenvalue weighted by molar-refractivity contribution is 0.104. The summed E-state index contributed by atoms with van der Waals surface area (Å²) in [7, 11) is 0. The van der Waals surface area contributed by atoms with Gasteiger partial charge in [0.1, 0.15) is 0 Å². The van der Waals surface area contributed by atoms with Gasteiger partial charge in [0.05, 0.1) is 5.69 Å². The van der Waals surface area contributed by atoms with E-state index in [1.54, 1.807) is 0 Å². The monoisotopic (exact) mass is 564 g/mol. The summed E-state index contributed by atoms with van der Waals surface area (Å²) in [5.41, 5.74) is 9.51. The van der Waals surface area contributed by atoms with Crippen molar-refractivity contribution in [1.29, 1.82) is 0 Å². The molecular formula is C41H28N2O. The molecule has 0 heterocycles. The molecule has 208 valence electrons. The van der Waals surface area contributed by atoms with Crippen molar-refractivity contribution in [1.82, 2.24) is 0 Å². The lowest BCUT2D eigenvalue weighted by atomic mass is 9.95. The van der Waals surface area contributed by atoms with Crippen molar-refractivity contribution in [3.8, 4) is 11.1 Å². The van der Waals surface area contributed by atoms with Crippen molar-refractivity contribution < 1.29 is 4.79 Å². The topological polar surface area (TPSA) is 23.6 Å². The molecule has 0 spiro atoms. The van der Waals surface area contributed by atoms with Gasteiger partial charge in [-0.05, 0) is 77.7 Å². The van der Waals surface area contributed by atoms with Crippen LogP contribution < -0.4 is 9.80 Å². The second-order valence-electron chi connectivity index (χ2n) is 10.9. The van der Waals surface area contributed by atoms with Crippen LogP contribution in [0.25, 0.3) is 21.9 Å². The van der Waals surface area contributed by atoms with Crippen LogP contribution in [0.3, 0.4) is 0 Å². The van der Waals surface area contributed by atoms with E-state index < -0.39 is 0 Å². The molecule has 7 aromatic carbocycles. The molecule has 0 saturated carbocycles. The number of rotatable bonds is 6. The van der Waals surface area contributed by atoms with Gasteiger partial charge in [0, 0.05) is 50.5 Å². The van der Waals surface area contributed by atoms with Gasteiger partial charge in [-0.15, -0.1) is 0 Å². The van der Waals surface area contributed by atoms with Crippen molar-refractivity contribution in [3.05, 3.63) is 181 Å². The molecule has 0 aliphatic heterocycles. The van der Waals surface area contributed by atoms with Gasteiger partial charge in [-0.25, -0.2) is 0 Å². The fourth-order valence-electron chi connectivity index (χ4n) is 6.42. The minimum Gasteiger partial charge on any atom is -0.310 e. The molecule has 7 aromatic rings. The Balaban J connectivity index is 1.32. The van der Waals surface area contributed by atoms with Gasteiger partial charge in [0.2, 0.25) is 0 Å². The van der Waals surface area contributed by atoms with Crippen LogP contribution in [0.4, 0.5) is 34.1 Å². The number of anilines is 6. The van der Waals surface area contributed by atoms with E-state index in [0.29, 0.717) is 0 Å². The fourth-order valence-corrected chi connectivity index (χ4v) is 6.42. The number of carbonyl (C=O) groups is 1. The minimum atomic E-state index is 0.0472. The van der Waals surface area contributed by atoms with Gasteiger partial charge >= 0.3 is 0 Å². The van der Waals surface area contributed by atoms with E-state index in [0.717, 1.165) is 67.2 Å². The molecule has 0 amide bonds. The summed E-state index contributed by atoms with van der Waals surface area (Å²) in [5, 5.41) is 2.17. The number of hydrogen-bond acceptors (Lipinski definition) is 3. The fraction of sp³-hybridized carbons (Fsp3) is 0. The molecule has 0 atom stereocenters. The van der Waals surface area contributed by atoms with E-state index >= 15 is 0 Å². The summed E-state index contributed by atoms with van der Waals surface area (Å²) in [6.45, 7) is 0. The first-order valence-corrected chi connectivity index (χ1v) is 14.8. The van der Waals surface area contributed by atoms with Gasteiger partial charge in [-0.3, -0.25) is 4.79 Å². The first-order valence-electron chi connectivity index (χ1n) is 14.8. The molecule has 1 aliphatic carbocycles. The highest BCUT2D eigenvalue weighted by molar-refractivity contribution is 6.28. The highest BCUT2D eigenvalue weighted by Crippen LogP contribution is 2.49. The van der Waals surface area contributed by atoms with Crippen LogP contribution in [-0.2, 0) is 0 Å². The zero-order valence-corrected chi connectivity index (χ0v) is 24.0. The summed E-state index contributed by atoms with van der Waals surface area (Å²) < 4.78 is 0. The molecular weight excluding hydrogens is 536 g/mol. The number of ketones is 1. The Kier molecular flexibility index (Phi) is 6.28. The zero-order valence-electron chi connectivity index (χ0n) is 24.0. The largest absolute Gasteiger partial charge is 0.310 e. The molecule has 0 radical (unpaired) electrons. The normalized spacial score (nSPS) is 11.7. The Bertz CT molecular complexity index is 2050. The van der Waals surface area contributed by atoms with Crippen LogP contribution in [0.1, 0.15) is 15.9 Å². The first kappa shape index (κ1) is 25.8. The van der Waals surface area contributed by atoms with Gasteiger partial charge in [-0.2, -0.15) is 0 Å². The lowest BCUT2D eigenvalue weighted by Crippen LogP contribution is -2.11. The predicted octanol–water partition coefficient (Wildman–Crippen LogP) is 11.0. The quantitative estimate of drug-likeness (QED) is 0.201. The van der Waals surface area contributed by atoms with Crippen LogP contribution in [0.15, 0.2) is 170 Å². The Morgan fingerprint density at radius 1 is 0.341 bits per heavy atom. The molecule has 44 heavy (non-hydrogen) atoms. The summed E-state index contributed by atoms with van der Waals surface area (Å²) in [4.78, 5) is 18.8. The first-order chi connectivity index (χ1) is 21.8. The standard InChI is InChI=1S/C41H28N2O/c44-41-37-27-33(42(29-15-5-1-6-16-29)30-17-7-2-8-18-30)25-26-36(37)40-35-24-14-13-23-34(35)39(28-38(40)41)43(31-19-9-3-10-20-31)32-21-11-4-12-22-32/h1-28H. The van der Waals surface area contributed by atoms with Crippen molar-refractivity contribution >= 4 is 50.7 Å². The van der Waals surface area contributed by atoms with Crippen LogP contribution >= 0.6 is 0 Å². The highest BCUT2D eigenvalue weighted by Gasteiger charge is 2.32. The number of fused-ring (bicyclic) bond motifs is 5. The molecule has 0 unspecified atom stereocenters. The van der Waals surface area contributed by atoms with Gasteiger partial charge < -0.3 is 9.80 Å². The third-order valence-corrected chi connectivity index (χ3v) is 8.34. The third-order valence-electron chi connectivity index (χ3n) is 8.34. The summed E-state index contributed by atoms with van der Waals surface area (Å²) >= 11 is 0. The number of hydrogen-bond donors (Lipinski definition) is 0. The van der Waals surface area contributed by atoms with E-state index in [4.69, 9.17) is 0 Å². The highest BCUT2D eigenvalue weighted by atomic mass is 16.1. The van der Waals surface area contributed by atoms with E-state index in [1.165, 1.54) is 0 Å². The van der Waals surface area contributed by atoms with E-state index in [-0.39, 0.29) is 5.78 Å². The second-order valence-corrected chi connectivity index (χ2v) is 10.9. The predicted molar refractivity (Wildman–Crippen MR) is 182 cm³/mol. The molecule has 3 heteroatoms. The molecule has 0 bridgehead atoms. The smallest absolute Gasteiger partial charge is 0.194 e. The zero-order chi connectivity index (χ0) is 29.5. The van der Waals surface area contributed by atoms with Crippen molar-refractivity contribution in [2.45, 2.75) is 0 Å². The van der Waals surface area contributed by atoms with Crippen LogP contribution in [0.5, 0.6) is 0 Å². The Morgan fingerprint density at radius 3 is 1.32 bits per heavy atom. The van der Waals surface area contributed by atoms with Crippen LogP contribution in [0, 0.1) is 0 Å². The Morgan fingerprint density at radius 2 is 0.795 bits per heavy atom. The number of carbonyl (C=O) groups excluding carboxylic acids is 1.